The van der Waals surface area contributed by atoms with Gasteiger partial charge in [0.25, 0.3) is 0 Å². The lowest BCUT2D eigenvalue weighted by Crippen LogP contribution is -2.23. The molecule has 1 unspecified atom stereocenters. The van der Waals surface area contributed by atoms with Gasteiger partial charge in [-0.05, 0) is 38.2 Å². The van der Waals surface area contributed by atoms with E-state index in [1.165, 1.54) is 12.3 Å². The topological polar surface area (TPSA) is 49.4 Å². The summed E-state index contributed by atoms with van der Waals surface area (Å²) in [7, 11) is -1.13. The Morgan fingerprint density at radius 2 is 2.17 bits per heavy atom. The van der Waals surface area contributed by atoms with Gasteiger partial charge in [0.15, 0.2) is 9.84 Å². The molecule has 1 atom stereocenters. The van der Waals surface area contributed by atoms with Crippen molar-refractivity contribution in [1.82, 2.24) is 4.90 Å². The quantitative estimate of drug-likeness (QED) is 0.922. The first-order chi connectivity index (χ1) is 8.36. The summed E-state index contributed by atoms with van der Waals surface area (Å²) in [5.74, 6) is 0. The number of benzene rings is 1. The predicted octanol–water partition coefficient (Wildman–Crippen LogP) is 1.86. The number of rotatable bonds is 3. The summed E-state index contributed by atoms with van der Waals surface area (Å²) in [4.78, 5) is 2.52. The number of nitrogens with one attached hydrogen (secondary N) is 1. The van der Waals surface area contributed by atoms with E-state index in [0.29, 0.717) is 21.6 Å². The Bertz CT molecular complexity index is 545. The Labute approximate surface area is 113 Å². The van der Waals surface area contributed by atoms with Crippen LogP contribution in [-0.2, 0) is 9.84 Å². The van der Waals surface area contributed by atoms with Crippen LogP contribution in [-0.4, -0.2) is 45.8 Å². The molecule has 0 spiro atoms. The molecule has 4 nitrogen and oxygen atoms in total. The molecule has 0 aromatic heterocycles. The Balaban J connectivity index is 2.22. The van der Waals surface area contributed by atoms with Crippen molar-refractivity contribution in [2.24, 2.45) is 0 Å². The molecule has 1 aromatic carbocycles. The van der Waals surface area contributed by atoms with Crippen molar-refractivity contribution >= 4 is 27.1 Å². The third-order valence-corrected chi connectivity index (χ3v) is 4.56. The summed E-state index contributed by atoms with van der Waals surface area (Å²) in [5, 5.41) is 3.87. The monoisotopic (exact) mass is 288 g/mol. The van der Waals surface area contributed by atoms with Gasteiger partial charge in [-0.2, -0.15) is 0 Å². The van der Waals surface area contributed by atoms with Crippen LogP contribution in [0.2, 0.25) is 5.02 Å². The number of likely N-dealkylation sites (tertiary alicyclic amines) is 1. The van der Waals surface area contributed by atoms with Gasteiger partial charge in [-0.15, -0.1) is 0 Å². The molecule has 18 heavy (non-hydrogen) atoms. The summed E-state index contributed by atoms with van der Waals surface area (Å²) in [6.45, 7) is 1.99. The van der Waals surface area contributed by atoms with Gasteiger partial charge in [0, 0.05) is 18.8 Å². The minimum atomic E-state index is -3.20. The lowest BCUT2D eigenvalue weighted by Gasteiger charge is -2.16. The Morgan fingerprint density at radius 3 is 2.72 bits per heavy atom. The van der Waals surface area contributed by atoms with Crippen LogP contribution >= 0.6 is 11.6 Å². The van der Waals surface area contributed by atoms with Crippen LogP contribution in [0.1, 0.15) is 6.42 Å². The average molecular weight is 289 g/mol. The highest BCUT2D eigenvalue weighted by molar-refractivity contribution is 7.90. The van der Waals surface area contributed by atoms with Crippen LogP contribution in [0.25, 0.3) is 0 Å². The standard InChI is InChI=1S/C12H17ClN2O2S/c1-15-6-5-9(8-15)14-12-7-10(18(2,16)17)3-4-11(12)13/h3-4,7,9,14H,5-6,8H2,1-2H3. The molecule has 1 saturated heterocycles. The fourth-order valence-electron chi connectivity index (χ4n) is 2.12. The summed E-state index contributed by atoms with van der Waals surface area (Å²) in [6, 6.07) is 5.08. The van der Waals surface area contributed by atoms with E-state index in [9.17, 15) is 8.42 Å². The third kappa shape index (κ3) is 3.16. The molecule has 2 rings (SSSR count). The first-order valence-corrected chi connectivity index (χ1v) is 8.08. The van der Waals surface area contributed by atoms with Crippen LogP contribution in [0.4, 0.5) is 5.69 Å². The number of sulfone groups is 1. The van der Waals surface area contributed by atoms with Gasteiger partial charge >= 0.3 is 0 Å². The number of hydrogen-bond acceptors (Lipinski definition) is 4. The van der Waals surface area contributed by atoms with Crippen molar-refractivity contribution in [2.75, 3.05) is 31.7 Å². The lowest BCUT2D eigenvalue weighted by molar-refractivity contribution is 0.414. The van der Waals surface area contributed by atoms with E-state index >= 15 is 0 Å². The first kappa shape index (κ1) is 13.6. The summed E-state index contributed by atoms with van der Waals surface area (Å²) in [5.41, 5.74) is 0.694. The van der Waals surface area contributed by atoms with Crippen molar-refractivity contribution in [3.63, 3.8) is 0 Å². The van der Waals surface area contributed by atoms with Crippen LogP contribution in [0.3, 0.4) is 0 Å². The van der Waals surface area contributed by atoms with Gasteiger partial charge in [-0.25, -0.2) is 8.42 Å². The van der Waals surface area contributed by atoms with Crippen LogP contribution in [0.15, 0.2) is 23.1 Å². The van der Waals surface area contributed by atoms with E-state index in [1.807, 2.05) is 0 Å². The number of halogens is 1. The largest absolute Gasteiger partial charge is 0.380 e. The highest BCUT2D eigenvalue weighted by Crippen LogP contribution is 2.27. The number of likely N-dealkylation sites (N-methyl/N-ethyl adjacent to an activating group) is 1. The molecule has 6 heteroatoms. The molecule has 0 aliphatic carbocycles. The molecule has 1 aliphatic heterocycles. The lowest BCUT2D eigenvalue weighted by atomic mass is 10.2. The first-order valence-electron chi connectivity index (χ1n) is 5.81. The maximum atomic E-state index is 11.5. The van der Waals surface area contributed by atoms with Gasteiger partial charge in [-0.1, -0.05) is 11.6 Å². The fourth-order valence-corrected chi connectivity index (χ4v) is 2.94. The van der Waals surface area contributed by atoms with E-state index < -0.39 is 9.84 Å². The number of nitrogens with zero attached hydrogens (tertiary/aromatic N) is 1. The zero-order chi connectivity index (χ0) is 13.3. The molecule has 0 saturated carbocycles. The Morgan fingerprint density at radius 1 is 1.44 bits per heavy atom. The van der Waals surface area contributed by atoms with Gasteiger partial charge in [-0.3, -0.25) is 0 Å². The molecular weight excluding hydrogens is 272 g/mol. The van der Waals surface area contributed by atoms with E-state index in [-0.39, 0.29) is 0 Å². The van der Waals surface area contributed by atoms with E-state index in [4.69, 9.17) is 11.6 Å². The molecule has 1 aromatic rings. The maximum absolute atomic E-state index is 11.5. The minimum Gasteiger partial charge on any atom is -0.380 e. The highest BCUT2D eigenvalue weighted by Gasteiger charge is 2.20. The zero-order valence-corrected chi connectivity index (χ0v) is 12.1. The molecular formula is C12H17ClN2O2S. The molecule has 0 bridgehead atoms. The van der Waals surface area contributed by atoms with Gasteiger partial charge < -0.3 is 10.2 Å². The van der Waals surface area contributed by atoms with Crippen molar-refractivity contribution in [3.8, 4) is 0 Å². The molecule has 0 radical (unpaired) electrons. The third-order valence-electron chi connectivity index (χ3n) is 3.12. The van der Waals surface area contributed by atoms with E-state index in [0.717, 1.165) is 19.5 Å². The molecule has 1 N–H and O–H groups in total. The smallest absolute Gasteiger partial charge is 0.175 e. The second-order valence-corrected chi connectivity index (χ2v) is 7.23. The Hall–Kier alpha value is -0.780. The summed E-state index contributed by atoms with van der Waals surface area (Å²) < 4.78 is 23.0. The zero-order valence-electron chi connectivity index (χ0n) is 10.5. The molecule has 0 amide bonds. The van der Waals surface area contributed by atoms with Crippen molar-refractivity contribution < 1.29 is 8.42 Å². The minimum absolute atomic E-state index is 0.292. The highest BCUT2D eigenvalue weighted by atomic mass is 35.5. The van der Waals surface area contributed by atoms with Gasteiger partial charge in [0.2, 0.25) is 0 Å². The van der Waals surface area contributed by atoms with Crippen molar-refractivity contribution in [3.05, 3.63) is 23.2 Å². The Kier molecular flexibility index (Phi) is 3.84. The SMILES string of the molecule is CN1CCC(Nc2cc(S(C)(=O)=O)ccc2Cl)C1. The van der Waals surface area contributed by atoms with Gasteiger partial charge in [0.05, 0.1) is 15.6 Å². The molecule has 1 heterocycles. The van der Waals surface area contributed by atoms with Crippen LogP contribution < -0.4 is 5.32 Å². The predicted molar refractivity (Wildman–Crippen MR) is 74.1 cm³/mol. The summed E-state index contributed by atoms with van der Waals surface area (Å²) >= 11 is 6.09. The summed E-state index contributed by atoms with van der Waals surface area (Å²) in [6.07, 6.45) is 2.24. The van der Waals surface area contributed by atoms with Crippen molar-refractivity contribution in [1.29, 1.82) is 0 Å². The fraction of sp³-hybridized carbons (Fsp3) is 0.500. The second kappa shape index (κ2) is 5.07. The van der Waals surface area contributed by atoms with Crippen molar-refractivity contribution in [2.45, 2.75) is 17.4 Å². The van der Waals surface area contributed by atoms with Crippen LogP contribution in [0.5, 0.6) is 0 Å². The number of hydrogen-bond donors (Lipinski definition) is 1. The number of anilines is 1. The molecule has 1 aliphatic rings. The van der Waals surface area contributed by atoms with Crippen LogP contribution in [0, 0.1) is 0 Å². The molecule has 100 valence electrons. The average Bonchev–Trinajstić information content (AvgIpc) is 2.66. The maximum Gasteiger partial charge on any atom is 0.175 e. The normalized spacial score (nSPS) is 21.2. The van der Waals surface area contributed by atoms with Gasteiger partial charge in [0.1, 0.15) is 0 Å². The van der Waals surface area contributed by atoms with E-state index in [2.05, 4.69) is 17.3 Å². The second-order valence-electron chi connectivity index (χ2n) is 4.81. The molecule has 1 fully saturated rings. The van der Waals surface area contributed by atoms with E-state index in [1.54, 1.807) is 12.1 Å².